The minimum atomic E-state index is 0.506. The third kappa shape index (κ3) is 5.12. The minimum Gasteiger partial charge on any atom is -0.309 e. The van der Waals surface area contributed by atoms with Gasteiger partial charge in [-0.3, -0.25) is 0 Å². The molecule has 5 nitrogen and oxygen atoms in total. The van der Waals surface area contributed by atoms with Crippen molar-refractivity contribution in [3.8, 4) is 34.2 Å². The van der Waals surface area contributed by atoms with E-state index in [1.165, 1.54) is 52.8 Å². The molecule has 4 aromatic heterocycles. The molecule has 12 rings (SSSR count). The highest BCUT2D eigenvalue weighted by Crippen LogP contribution is 2.44. The maximum Gasteiger partial charge on any atom is 0.163 e. The van der Waals surface area contributed by atoms with Crippen molar-refractivity contribution in [1.29, 1.82) is 0 Å². The molecule has 0 saturated carbocycles. The molecule has 0 radical (unpaired) electrons. The van der Waals surface area contributed by atoms with Gasteiger partial charge in [0.2, 0.25) is 0 Å². The van der Waals surface area contributed by atoms with E-state index in [1.807, 2.05) is 47.7 Å². The van der Waals surface area contributed by atoms with Gasteiger partial charge in [0.05, 0.1) is 32.5 Å². The van der Waals surface area contributed by atoms with Crippen molar-refractivity contribution >= 4 is 75.1 Å². The molecule has 4 heterocycles. The van der Waals surface area contributed by atoms with Gasteiger partial charge in [0.15, 0.2) is 11.6 Å². The Morgan fingerprint density at radius 1 is 0.414 bits per heavy atom. The van der Waals surface area contributed by atoms with Crippen LogP contribution >= 0.6 is 11.3 Å². The van der Waals surface area contributed by atoms with Crippen LogP contribution in [0.3, 0.4) is 0 Å². The first-order chi connectivity index (χ1) is 28.8. The van der Waals surface area contributed by atoms with Gasteiger partial charge in [-0.05, 0) is 42.0 Å². The van der Waals surface area contributed by atoms with Crippen LogP contribution < -0.4 is 0 Å². The van der Waals surface area contributed by atoms with E-state index in [1.54, 1.807) is 0 Å². The standard InChI is InChI=1S/C52H33N5S/c1-3-15-33(16-4-1)51-53-48(54-52(55-51)34-17-5-2-6-18-34)31-35-27-28-36(32-46(35)57-44-24-12-7-19-37(44)38-20-8-13-25-45(38)57)56-43-23-11-9-21-39(43)41-29-30-42-40-22-10-14-26-47(40)58-50(42)49(41)56/h1-30,32H,31H2. The van der Waals surface area contributed by atoms with Crippen LogP contribution in [0.25, 0.3) is 97.9 Å². The Hall–Kier alpha value is -7.41. The SMILES string of the molecule is c1ccc(-c2nc(Cc3ccc(-n4c5ccccc5c5ccc6c7ccccc7sc6c54)cc3-n3c4ccccc4c4ccccc43)nc(-c3ccccc3)n2)cc1. The second-order valence-electron chi connectivity index (χ2n) is 14.8. The molecule has 0 aliphatic carbocycles. The number of hydrogen-bond donors (Lipinski definition) is 0. The smallest absolute Gasteiger partial charge is 0.163 e. The van der Waals surface area contributed by atoms with Gasteiger partial charge in [0.25, 0.3) is 0 Å². The fraction of sp³-hybridized carbons (Fsp3) is 0.0192. The summed E-state index contributed by atoms with van der Waals surface area (Å²) in [5, 5.41) is 7.52. The fourth-order valence-electron chi connectivity index (χ4n) is 8.83. The second-order valence-corrected chi connectivity index (χ2v) is 15.8. The Balaban J connectivity index is 1.14. The van der Waals surface area contributed by atoms with E-state index in [2.05, 4.69) is 161 Å². The van der Waals surface area contributed by atoms with E-state index in [4.69, 9.17) is 15.0 Å². The van der Waals surface area contributed by atoms with E-state index in [-0.39, 0.29) is 0 Å². The minimum absolute atomic E-state index is 0.506. The number of hydrogen-bond acceptors (Lipinski definition) is 4. The Kier molecular flexibility index (Phi) is 7.40. The first kappa shape index (κ1) is 32.8. The number of benzene rings is 8. The largest absolute Gasteiger partial charge is 0.309 e. The van der Waals surface area contributed by atoms with Crippen LogP contribution in [0.4, 0.5) is 0 Å². The third-order valence-corrected chi connectivity index (χ3v) is 12.6. The van der Waals surface area contributed by atoms with Gasteiger partial charge in [0, 0.05) is 60.3 Å². The molecule has 0 amide bonds. The average molecular weight is 760 g/mol. The maximum absolute atomic E-state index is 5.15. The molecule has 6 heteroatoms. The zero-order valence-corrected chi connectivity index (χ0v) is 32.1. The van der Waals surface area contributed by atoms with Crippen LogP contribution in [0.2, 0.25) is 0 Å². The molecule has 0 atom stereocenters. The van der Waals surface area contributed by atoms with Crippen LogP contribution in [0.5, 0.6) is 0 Å². The lowest BCUT2D eigenvalue weighted by Gasteiger charge is -2.17. The molecule has 0 saturated heterocycles. The molecule has 0 unspecified atom stereocenters. The van der Waals surface area contributed by atoms with E-state index < -0.39 is 0 Å². The Labute approximate surface area is 337 Å². The molecule has 0 fully saturated rings. The van der Waals surface area contributed by atoms with Crippen molar-refractivity contribution in [1.82, 2.24) is 24.1 Å². The molecule has 8 aromatic carbocycles. The van der Waals surface area contributed by atoms with Crippen LogP contribution in [0.15, 0.2) is 188 Å². The Morgan fingerprint density at radius 3 is 1.57 bits per heavy atom. The van der Waals surface area contributed by atoms with Gasteiger partial charge < -0.3 is 9.13 Å². The van der Waals surface area contributed by atoms with Crippen molar-refractivity contribution in [2.75, 3.05) is 0 Å². The van der Waals surface area contributed by atoms with Gasteiger partial charge in [-0.2, -0.15) is 0 Å². The van der Waals surface area contributed by atoms with Crippen molar-refractivity contribution in [3.63, 3.8) is 0 Å². The molecule has 272 valence electrons. The van der Waals surface area contributed by atoms with E-state index in [9.17, 15) is 0 Å². The number of thiophene rings is 1. The summed E-state index contributed by atoms with van der Waals surface area (Å²) in [4.78, 5) is 15.3. The molecular weight excluding hydrogens is 727 g/mol. The number of rotatable bonds is 6. The summed E-state index contributed by atoms with van der Waals surface area (Å²) in [7, 11) is 0. The summed E-state index contributed by atoms with van der Waals surface area (Å²) in [6, 6.07) is 67.0. The average Bonchev–Trinajstić information content (AvgIpc) is 3.95. The molecule has 0 N–H and O–H groups in total. The lowest BCUT2D eigenvalue weighted by atomic mass is 10.1. The number of aromatic nitrogens is 5. The Morgan fingerprint density at radius 2 is 0.931 bits per heavy atom. The topological polar surface area (TPSA) is 48.5 Å². The third-order valence-electron chi connectivity index (χ3n) is 11.4. The normalized spacial score (nSPS) is 11.9. The predicted molar refractivity (Wildman–Crippen MR) is 242 cm³/mol. The van der Waals surface area contributed by atoms with Crippen molar-refractivity contribution < 1.29 is 0 Å². The zero-order chi connectivity index (χ0) is 38.2. The summed E-state index contributed by atoms with van der Waals surface area (Å²) < 4.78 is 7.51. The highest BCUT2D eigenvalue weighted by Gasteiger charge is 2.21. The highest BCUT2D eigenvalue weighted by atomic mass is 32.1. The maximum atomic E-state index is 5.15. The first-order valence-electron chi connectivity index (χ1n) is 19.6. The highest BCUT2D eigenvalue weighted by molar-refractivity contribution is 7.26. The molecule has 58 heavy (non-hydrogen) atoms. The summed E-state index contributed by atoms with van der Waals surface area (Å²) >= 11 is 1.88. The summed E-state index contributed by atoms with van der Waals surface area (Å²) in [5.41, 5.74) is 9.95. The predicted octanol–water partition coefficient (Wildman–Crippen LogP) is 13.4. The summed E-state index contributed by atoms with van der Waals surface area (Å²) in [5.74, 6) is 2.04. The number of fused-ring (bicyclic) bond motifs is 10. The molecule has 0 spiro atoms. The zero-order valence-electron chi connectivity index (χ0n) is 31.2. The summed E-state index contributed by atoms with van der Waals surface area (Å²) in [6.45, 7) is 0. The monoisotopic (exact) mass is 759 g/mol. The van der Waals surface area contributed by atoms with Crippen LogP contribution in [0, 0.1) is 0 Å². The van der Waals surface area contributed by atoms with Gasteiger partial charge >= 0.3 is 0 Å². The molecular formula is C52H33N5S. The van der Waals surface area contributed by atoms with Crippen molar-refractivity contribution in [2.45, 2.75) is 6.42 Å². The van der Waals surface area contributed by atoms with Gasteiger partial charge in [-0.15, -0.1) is 11.3 Å². The van der Waals surface area contributed by atoms with Crippen LogP contribution in [-0.2, 0) is 6.42 Å². The van der Waals surface area contributed by atoms with E-state index >= 15 is 0 Å². The lowest BCUT2D eigenvalue weighted by molar-refractivity contribution is 0.924. The van der Waals surface area contributed by atoms with E-state index in [0.29, 0.717) is 23.9 Å². The van der Waals surface area contributed by atoms with E-state index in [0.717, 1.165) is 39.1 Å². The molecule has 12 aromatic rings. The molecule has 0 aliphatic rings. The second kappa shape index (κ2) is 13.1. The Bertz CT molecular complexity index is 3430. The fourth-order valence-corrected chi connectivity index (χ4v) is 10.1. The summed E-state index contributed by atoms with van der Waals surface area (Å²) in [6.07, 6.45) is 0.506. The first-order valence-corrected chi connectivity index (χ1v) is 20.4. The number of para-hydroxylation sites is 3. The van der Waals surface area contributed by atoms with Gasteiger partial charge in [-0.25, -0.2) is 15.0 Å². The quantitative estimate of drug-likeness (QED) is 0.170. The molecule has 0 bridgehead atoms. The lowest BCUT2D eigenvalue weighted by Crippen LogP contribution is -2.07. The van der Waals surface area contributed by atoms with Crippen molar-refractivity contribution in [2.24, 2.45) is 0 Å². The molecule has 0 aliphatic heterocycles. The van der Waals surface area contributed by atoms with Crippen LogP contribution in [0.1, 0.15) is 11.4 Å². The van der Waals surface area contributed by atoms with Gasteiger partial charge in [-0.1, -0.05) is 152 Å². The number of nitrogens with zero attached hydrogens (tertiary/aromatic N) is 5. The van der Waals surface area contributed by atoms with Gasteiger partial charge in [0.1, 0.15) is 5.82 Å². The van der Waals surface area contributed by atoms with Crippen LogP contribution in [-0.4, -0.2) is 24.1 Å². The van der Waals surface area contributed by atoms with Crippen molar-refractivity contribution in [3.05, 3.63) is 199 Å².